The average Bonchev–Trinajstić information content (AvgIpc) is 2.53. The van der Waals surface area contributed by atoms with E-state index in [-0.39, 0.29) is 6.61 Å². The molecule has 0 unspecified atom stereocenters. The lowest BCUT2D eigenvalue weighted by Gasteiger charge is -1.96. The number of aliphatic carboxylic acids is 1. The third-order valence-electron chi connectivity index (χ3n) is 2.68. The smallest absolute Gasteiger partial charge is 0.328 e. The van der Waals surface area contributed by atoms with Crippen LogP contribution in [0.15, 0.2) is 66.7 Å². The highest BCUT2D eigenvalue weighted by Crippen LogP contribution is 2.01. The van der Waals surface area contributed by atoms with Crippen molar-refractivity contribution in [1.82, 2.24) is 0 Å². The molecule has 0 radical (unpaired) electrons. The van der Waals surface area contributed by atoms with Crippen LogP contribution in [0.25, 0.3) is 6.08 Å². The van der Waals surface area contributed by atoms with Gasteiger partial charge >= 0.3 is 5.97 Å². The number of hydrogen-bond donors (Lipinski definition) is 2. The molecule has 0 aromatic heterocycles. The summed E-state index contributed by atoms with van der Waals surface area (Å²) < 4.78 is 0. The van der Waals surface area contributed by atoms with E-state index in [0.29, 0.717) is 0 Å². The van der Waals surface area contributed by atoms with Gasteiger partial charge in [0.1, 0.15) is 0 Å². The van der Waals surface area contributed by atoms with E-state index in [0.717, 1.165) is 24.5 Å². The second kappa shape index (κ2) is 10.4. The highest BCUT2D eigenvalue weighted by molar-refractivity contribution is 5.85. The number of benzene rings is 2. The molecule has 2 rings (SSSR count). The summed E-state index contributed by atoms with van der Waals surface area (Å²) >= 11 is 0. The molecule has 2 aromatic rings. The maximum atomic E-state index is 10.1. The lowest BCUT2D eigenvalue weighted by molar-refractivity contribution is -0.131. The van der Waals surface area contributed by atoms with Crippen LogP contribution in [0.1, 0.15) is 17.5 Å². The molecule has 0 aliphatic heterocycles. The van der Waals surface area contributed by atoms with Crippen molar-refractivity contribution in [3.8, 4) is 0 Å². The minimum atomic E-state index is -0.922. The van der Waals surface area contributed by atoms with Crippen LogP contribution in [0.4, 0.5) is 0 Å². The second-order valence-corrected chi connectivity index (χ2v) is 4.40. The Morgan fingerprint density at radius 1 is 0.952 bits per heavy atom. The quantitative estimate of drug-likeness (QED) is 0.827. The first kappa shape index (κ1) is 16.7. The Kier molecular flexibility index (Phi) is 8.26. The predicted octanol–water partition coefficient (Wildman–Crippen LogP) is 3.40. The van der Waals surface area contributed by atoms with E-state index < -0.39 is 5.97 Å². The van der Waals surface area contributed by atoms with Crippen LogP contribution < -0.4 is 0 Å². The Bertz CT molecular complexity index is 533. The van der Waals surface area contributed by atoms with Gasteiger partial charge < -0.3 is 10.2 Å². The molecule has 0 bridgehead atoms. The summed E-state index contributed by atoms with van der Waals surface area (Å²) in [6.07, 6.45) is 4.53. The minimum Gasteiger partial charge on any atom is -0.478 e. The fourth-order valence-electron chi connectivity index (χ4n) is 1.66. The van der Waals surface area contributed by atoms with Gasteiger partial charge in [0.2, 0.25) is 0 Å². The van der Waals surface area contributed by atoms with Crippen LogP contribution in [-0.2, 0) is 11.2 Å². The molecular formula is C18H20O3. The van der Waals surface area contributed by atoms with Gasteiger partial charge in [-0.15, -0.1) is 0 Å². The topological polar surface area (TPSA) is 57.5 Å². The summed E-state index contributed by atoms with van der Waals surface area (Å²) in [6, 6.07) is 19.5. The molecular weight excluding hydrogens is 264 g/mol. The molecule has 2 N–H and O–H groups in total. The maximum Gasteiger partial charge on any atom is 0.328 e. The van der Waals surface area contributed by atoms with E-state index in [2.05, 4.69) is 12.1 Å². The van der Waals surface area contributed by atoms with Gasteiger partial charge in [0.05, 0.1) is 0 Å². The van der Waals surface area contributed by atoms with Gasteiger partial charge in [0, 0.05) is 12.7 Å². The van der Waals surface area contributed by atoms with Crippen molar-refractivity contribution < 1.29 is 15.0 Å². The molecule has 0 aliphatic rings. The summed E-state index contributed by atoms with van der Waals surface area (Å²) in [4.78, 5) is 10.1. The summed E-state index contributed by atoms with van der Waals surface area (Å²) in [7, 11) is 0. The average molecular weight is 284 g/mol. The van der Waals surface area contributed by atoms with Crippen LogP contribution in [-0.4, -0.2) is 22.8 Å². The molecule has 3 heteroatoms. The number of hydrogen-bond acceptors (Lipinski definition) is 2. The molecule has 0 spiro atoms. The minimum absolute atomic E-state index is 0.287. The molecule has 0 atom stereocenters. The third-order valence-corrected chi connectivity index (χ3v) is 2.68. The zero-order chi connectivity index (χ0) is 15.3. The summed E-state index contributed by atoms with van der Waals surface area (Å²) in [6.45, 7) is 0.287. The Morgan fingerprint density at radius 2 is 1.52 bits per heavy atom. The summed E-state index contributed by atoms with van der Waals surface area (Å²) in [5.41, 5.74) is 2.20. The largest absolute Gasteiger partial charge is 0.478 e. The van der Waals surface area contributed by atoms with Crippen molar-refractivity contribution in [3.05, 3.63) is 77.9 Å². The number of carbonyl (C=O) groups is 1. The fourth-order valence-corrected chi connectivity index (χ4v) is 1.66. The third kappa shape index (κ3) is 8.39. The van der Waals surface area contributed by atoms with Crippen LogP contribution in [0.5, 0.6) is 0 Å². The van der Waals surface area contributed by atoms with Crippen molar-refractivity contribution in [3.63, 3.8) is 0 Å². The van der Waals surface area contributed by atoms with Gasteiger partial charge in [-0.05, 0) is 30.0 Å². The molecule has 21 heavy (non-hydrogen) atoms. The zero-order valence-corrected chi connectivity index (χ0v) is 11.9. The first-order valence-corrected chi connectivity index (χ1v) is 6.83. The van der Waals surface area contributed by atoms with E-state index in [1.165, 1.54) is 5.56 Å². The maximum absolute atomic E-state index is 10.1. The van der Waals surface area contributed by atoms with Gasteiger partial charge in [-0.1, -0.05) is 60.7 Å². The molecule has 0 amide bonds. The molecule has 0 saturated heterocycles. The summed E-state index contributed by atoms with van der Waals surface area (Å²) in [5, 5.41) is 16.8. The lowest BCUT2D eigenvalue weighted by atomic mass is 10.1. The predicted molar refractivity (Wildman–Crippen MR) is 85.0 cm³/mol. The normalized spacial score (nSPS) is 9.95. The molecule has 0 fully saturated rings. The van der Waals surface area contributed by atoms with Crippen LogP contribution in [0.2, 0.25) is 0 Å². The molecule has 3 nitrogen and oxygen atoms in total. The number of carboxylic acids is 1. The van der Waals surface area contributed by atoms with Crippen molar-refractivity contribution in [2.45, 2.75) is 12.8 Å². The molecule has 110 valence electrons. The van der Waals surface area contributed by atoms with Gasteiger partial charge in [0.25, 0.3) is 0 Å². The van der Waals surface area contributed by atoms with Crippen molar-refractivity contribution in [2.75, 3.05) is 6.61 Å². The van der Waals surface area contributed by atoms with Gasteiger partial charge in [0.15, 0.2) is 0 Å². The standard InChI is InChI=1S/C9H8O2.C9H12O/c10-9(11)7-6-8-4-2-1-3-5-8;10-8-4-7-9-5-2-1-3-6-9/h1-7H,(H,10,11);1-3,5-6,10H,4,7-8H2/b7-6+;. The van der Waals surface area contributed by atoms with Crippen LogP contribution in [0.3, 0.4) is 0 Å². The van der Waals surface area contributed by atoms with E-state index in [1.807, 2.05) is 48.5 Å². The van der Waals surface area contributed by atoms with Crippen molar-refractivity contribution >= 4 is 12.0 Å². The Balaban J connectivity index is 0.000000211. The Morgan fingerprint density at radius 3 is 2.05 bits per heavy atom. The van der Waals surface area contributed by atoms with Crippen LogP contribution in [0, 0.1) is 0 Å². The zero-order valence-electron chi connectivity index (χ0n) is 11.9. The lowest BCUT2D eigenvalue weighted by Crippen LogP contribution is -1.87. The van der Waals surface area contributed by atoms with Crippen LogP contribution >= 0.6 is 0 Å². The second-order valence-electron chi connectivity index (χ2n) is 4.40. The number of aliphatic hydroxyl groups excluding tert-OH is 1. The monoisotopic (exact) mass is 284 g/mol. The van der Waals surface area contributed by atoms with Gasteiger partial charge in [-0.3, -0.25) is 0 Å². The van der Waals surface area contributed by atoms with Gasteiger partial charge in [-0.2, -0.15) is 0 Å². The highest BCUT2D eigenvalue weighted by Gasteiger charge is 1.88. The Labute approximate surface area is 125 Å². The first-order chi connectivity index (χ1) is 10.2. The summed E-state index contributed by atoms with van der Waals surface area (Å²) in [5.74, 6) is -0.922. The van der Waals surface area contributed by atoms with E-state index >= 15 is 0 Å². The Hall–Kier alpha value is -2.39. The first-order valence-electron chi connectivity index (χ1n) is 6.83. The SMILES string of the molecule is O=C(O)/C=C/c1ccccc1.OCCCc1ccccc1. The molecule has 0 aliphatic carbocycles. The fraction of sp³-hybridized carbons (Fsp3) is 0.167. The van der Waals surface area contributed by atoms with Crippen molar-refractivity contribution in [2.24, 2.45) is 0 Å². The number of carboxylic acid groups (broad SMARTS) is 1. The van der Waals surface area contributed by atoms with E-state index in [4.69, 9.17) is 10.2 Å². The molecule has 2 aromatic carbocycles. The molecule has 0 saturated carbocycles. The number of aryl methyl sites for hydroxylation is 1. The van der Waals surface area contributed by atoms with Crippen molar-refractivity contribution in [1.29, 1.82) is 0 Å². The number of rotatable bonds is 5. The van der Waals surface area contributed by atoms with E-state index in [9.17, 15) is 4.79 Å². The molecule has 0 heterocycles. The highest BCUT2D eigenvalue weighted by atomic mass is 16.4. The van der Waals surface area contributed by atoms with E-state index in [1.54, 1.807) is 6.08 Å². The van der Waals surface area contributed by atoms with Gasteiger partial charge in [-0.25, -0.2) is 4.79 Å². The number of aliphatic hydroxyl groups is 1.